The van der Waals surface area contributed by atoms with Gasteiger partial charge in [-0.1, -0.05) is 35.7 Å². The lowest BCUT2D eigenvalue weighted by atomic mass is 10.00. The largest absolute Gasteiger partial charge is 0.397 e. The van der Waals surface area contributed by atoms with Crippen LogP contribution in [-0.4, -0.2) is 108 Å². The van der Waals surface area contributed by atoms with Crippen molar-refractivity contribution in [1.82, 2.24) is 30.2 Å². The number of nitrogen functional groups attached to an aromatic ring is 1. The number of amides is 5. The molecule has 244 valence electrons. The van der Waals surface area contributed by atoms with E-state index in [-0.39, 0.29) is 30.4 Å². The third-order valence-electron chi connectivity index (χ3n) is 9.88. The van der Waals surface area contributed by atoms with E-state index in [0.717, 1.165) is 55.8 Å². The van der Waals surface area contributed by atoms with Crippen LogP contribution in [0.1, 0.15) is 42.4 Å². The van der Waals surface area contributed by atoms with Crippen LogP contribution in [0.25, 0.3) is 0 Å². The van der Waals surface area contributed by atoms with E-state index in [4.69, 9.17) is 23.8 Å². The molecule has 1 atom stereocenters. The topological polar surface area (TPSA) is 126 Å². The number of urea groups is 2. The van der Waals surface area contributed by atoms with Gasteiger partial charge in [-0.3, -0.25) is 9.69 Å². The Morgan fingerprint density at radius 1 is 1.00 bits per heavy atom. The highest BCUT2D eigenvalue weighted by molar-refractivity contribution is 6.33. The second kappa shape index (κ2) is 14.2. The average molecular weight is 647 g/mol. The number of carbonyl (C=O) groups excluding carboxylic acids is 3. The number of para-hydroxylation sites is 1. The van der Waals surface area contributed by atoms with Gasteiger partial charge in [-0.05, 0) is 68.1 Å². The smallest absolute Gasteiger partial charge is 0.322 e. The van der Waals surface area contributed by atoms with Crippen molar-refractivity contribution >= 4 is 40.9 Å². The van der Waals surface area contributed by atoms with E-state index < -0.39 is 6.04 Å². The average Bonchev–Trinajstić information content (AvgIpc) is 3.09. The number of rotatable bonds is 6. The lowest BCUT2D eigenvalue weighted by molar-refractivity contribution is -0.135. The van der Waals surface area contributed by atoms with Crippen molar-refractivity contribution in [2.45, 2.75) is 56.8 Å². The standard InChI is InChI=1S/C34H43ClN8O3/c1-2-24-19-23(20-28(35)31(24)36)21-30(32(44)41-17-15-40(16-18-41)26-7-11-37-12-8-26)39-33(45)42-13-9-27(10-14-42)43-22-25-5-3-4-6-29(25)38-34(43)46/h1,3-6,19-20,26-27,30,37H,7-18,21-22,36H2,(H,38,46)(H,39,45)/t30-/m1/s1. The zero-order valence-corrected chi connectivity index (χ0v) is 26.9. The van der Waals surface area contributed by atoms with E-state index in [2.05, 4.69) is 26.8 Å². The molecule has 0 aliphatic carbocycles. The highest BCUT2D eigenvalue weighted by Crippen LogP contribution is 2.28. The number of halogens is 1. The fourth-order valence-corrected chi connectivity index (χ4v) is 7.43. The lowest BCUT2D eigenvalue weighted by Crippen LogP contribution is -2.59. The van der Waals surface area contributed by atoms with E-state index in [0.29, 0.717) is 67.9 Å². The molecule has 2 aromatic rings. The molecule has 4 heterocycles. The van der Waals surface area contributed by atoms with Crippen molar-refractivity contribution < 1.29 is 14.4 Å². The number of hydrogen-bond donors (Lipinski definition) is 4. The SMILES string of the molecule is C#Cc1cc(C[C@@H](NC(=O)N2CCC(N3Cc4ccccc4NC3=O)CC2)C(=O)N2CCN(C3CCNCC3)CC2)cc(Cl)c1N. The number of piperazine rings is 1. The molecule has 0 aromatic heterocycles. The Bertz CT molecular complexity index is 1490. The normalized spacial score (nSPS) is 20.4. The molecule has 3 saturated heterocycles. The first-order valence-corrected chi connectivity index (χ1v) is 16.7. The summed E-state index contributed by atoms with van der Waals surface area (Å²) in [7, 11) is 0. The molecule has 11 nitrogen and oxygen atoms in total. The molecular weight excluding hydrogens is 604 g/mol. The molecule has 0 saturated carbocycles. The number of nitrogens with one attached hydrogen (secondary N) is 3. The number of fused-ring (bicyclic) bond motifs is 1. The summed E-state index contributed by atoms with van der Waals surface area (Å²) in [6, 6.07) is 10.7. The predicted octanol–water partition coefficient (Wildman–Crippen LogP) is 2.93. The van der Waals surface area contributed by atoms with E-state index in [1.165, 1.54) is 0 Å². The first-order chi connectivity index (χ1) is 22.3. The summed E-state index contributed by atoms with van der Waals surface area (Å²) < 4.78 is 0. The Hall–Kier alpha value is -3.98. The van der Waals surface area contributed by atoms with Crippen molar-refractivity contribution in [3.8, 4) is 12.3 Å². The summed E-state index contributed by atoms with van der Waals surface area (Å²) >= 11 is 6.39. The minimum atomic E-state index is -0.801. The Kier molecular flexibility index (Phi) is 9.87. The number of nitrogens with zero attached hydrogens (tertiary/aromatic N) is 4. The van der Waals surface area contributed by atoms with Gasteiger partial charge in [-0.15, -0.1) is 6.42 Å². The summed E-state index contributed by atoms with van der Waals surface area (Å²) in [6.07, 6.45) is 9.45. The monoisotopic (exact) mass is 646 g/mol. The number of nitrogens with two attached hydrogens (primary N) is 1. The van der Waals surface area contributed by atoms with Crippen molar-refractivity contribution in [1.29, 1.82) is 0 Å². The van der Waals surface area contributed by atoms with Crippen LogP contribution in [0.4, 0.5) is 21.0 Å². The number of likely N-dealkylation sites (tertiary alicyclic amines) is 1. The molecule has 0 radical (unpaired) electrons. The molecule has 0 bridgehead atoms. The summed E-state index contributed by atoms with van der Waals surface area (Å²) in [4.78, 5) is 48.5. The van der Waals surface area contributed by atoms with E-state index >= 15 is 0 Å². The maximum Gasteiger partial charge on any atom is 0.322 e. The zero-order chi connectivity index (χ0) is 32.2. The summed E-state index contributed by atoms with van der Waals surface area (Å²) in [5.74, 6) is 2.45. The zero-order valence-electron chi connectivity index (χ0n) is 26.1. The van der Waals surface area contributed by atoms with Crippen LogP contribution in [0.2, 0.25) is 5.02 Å². The minimum Gasteiger partial charge on any atom is -0.397 e. The van der Waals surface area contributed by atoms with Gasteiger partial charge in [0.05, 0.1) is 10.7 Å². The molecule has 0 unspecified atom stereocenters. The summed E-state index contributed by atoms with van der Waals surface area (Å²) in [5.41, 5.74) is 9.50. The van der Waals surface area contributed by atoms with Crippen LogP contribution in [0.3, 0.4) is 0 Å². The molecule has 5 amide bonds. The van der Waals surface area contributed by atoms with Gasteiger partial charge in [-0.2, -0.15) is 0 Å². The third-order valence-corrected chi connectivity index (χ3v) is 10.2. The van der Waals surface area contributed by atoms with Gasteiger partial charge >= 0.3 is 12.1 Å². The van der Waals surface area contributed by atoms with E-state index in [9.17, 15) is 14.4 Å². The summed E-state index contributed by atoms with van der Waals surface area (Å²) in [5, 5.41) is 9.78. The molecule has 4 aliphatic rings. The van der Waals surface area contributed by atoms with Gasteiger partial charge in [0.1, 0.15) is 6.04 Å². The van der Waals surface area contributed by atoms with Crippen LogP contribution in [0.15, 0.2) is 36.4 Å². The number of piperidine rings is 2. The fraction of sp³-hybridized carbons (Fsp3) is 0.500. The molecule has 5 N–H and O–H groups in total. The van der Waals surface area contributed by atoms with Crippen LogP contribution in [-0.2, 0) is 17.8 Å². The maximum atomic E-state index is 14.0. The summed E-state index contributed by atoms with van der Waals surface area (Å²) in [6.45, 7) is 6.40. The van der Waals surface area contributed by atoms with Gasteiger partial charge in [0.25, 0.3) is 0 Å². The minimum absolute atomic E-state index is 0.0187. The van der Waals surface area contributed by atoms with Gasteiger partial charge in [0, 0.05) is 75.6 Å². The van der Waals surface area contributed by atoms with Crippen molar-refractivity contribution in [3.05, 3.63) is 58.1 Å². The van der Waals surface area contributed by atoms with Crippen LogP contribution in [0, 0.1) is 12.3 Å². The predicted molar refractivity (Wildman–Crippen MR) is 179 cm³/mol. The van der Waals surface area contributed by atoms with Gasteiger partial charge in [0.2, 0.25) is 5.91 Å². The number of carbonyl (C=O) groups is 3. The van der Waals surface area contributed by atoms with E-state index in [1.807, 2.05) is 34.1 Å². The van der Waals surface area contributed by atoms with Crippen molar-refractivity contribution in [3.63, 3.8) is 0 Å². The number of terminal acetylenes is 1. The highest BCUT2D eigenvalue weighted by Gasteiger charge is 2.35. The fourth-order valence-electron chi connectivity index (χ4n) is 7.19. The molecule has 6 rings (SSSR count). The van der Waals surface area contributed by atoms with Gasteiger partial charge < -0.3 is 36.4 Å². The first kappa shape index (κ1) is 32.0. The molecule has 46 heavy (non-hydrogen) atoms. The van der Waals surface area contributed by atoms with Crippen LogP contribution < -0.4 is 21.7 Å². The van der Waals surface area contributed by atoms with Gasteiger partial charge in [-0.25, -0.2) is 9.59 Å². The first-order valence-electron chi connectivity index (χ1n) is 16.3. The number of benzene rings is 2. The Morgan fingerprint density at radius 3 is 2.43 bits per heavy atom. The third kappa shape index (κ3) is 7.04. The highest BCUT2D eigenvalue weighted by atomic mass is 35.5. The Morgan fingerprint density at radius 2 is 1.72 bits per heavy atom. The second-order valence-corrected chi connectivity index (χ2v) is 13.1. The molecule has 0 spiro atoms. The number of hydrogen-bond acceptors (Lipinski definition) is 6. The quantitative estimate of drug-likeness (QED) is 0.283. The van der Waals surface area contributed by atoms with Gasteiger partial charge in [0.15, 0.2) is 0 Å². The number of anilines is 2. The molecule has 3 fully saturated rings. The van der Waals surface area contributed by atoms with Crippen LogP contribution in [0.5, 0.6) is 0 Å². The molecular formula is C34H43ClN8O3. The molecule has 12 heteroatoms. The molecule has 2 aromatic carbocycles. The maximum absolute atomic E-state index is 14.0. The van der Waals surface area contributed by atoms with Crippen molar-refractivity contribution in [2.75, 3.05) is 63.4 Å². The Balaban J connectivity index is 1.11. The van der Waals surface area contributed by atoms with E-state index in [1.54, 1.807) is 17.0 Å². The second-order valence-electron chi connectivity index (χ2n) is 12.7. The van der Waals surface area contributed by atoms with Crippen LogP contribution >= 0.6 is 11.6 Å². The van der Waals surface area contributed by atoms with Crippen molar-refractivity contribution in [2.24, 2.45) is 0 Å². The molecule has 4 aliphatic heterocycles. The Labute approximate surface area is 275 Å². The lowest BCUT2D eigenvalue weighted by Gasteiger charge is -2.42.